The van der Waals surface area contributed by atoms with Crippen molar-refractivity contribution in [1.82, 2.24) is 0 Å². The van der Waals surface area contributed by atoms with Crippen molar-refractivity contribution in [2.75, 3.05) is 10.6 Å². The number of benzene rings is 1. The lowest BCUT2D eigenvalue weighted by Crippen LogP contribution is -2.56. The highest BCUT2D eigenvalue weighted by molar-refractivity contribution is 7.16. The van der Waals surface area contributed by atoms with Crippen LogP contribution in [-0.4, -0.2) is 17.4 Å². The van der Waals surface area contributed by atoms with Gasteiger partial charge < -0.3 is 15.4 Å². The Labute approximate surface area is 143 Å². The minimum absolute atomic E-state index is 0.408. The molecule has 0 aliphatic carbocycles. The van der Waals surface area contributed by atoms with Gasteiger partial charge in [0.05, 0.1) is 11.3 Å². The van der Waals surface area contributed by atoms with E-state index >= 15 is 0 Å². The maximum Gasteiger partial charge on any atom is 0.278 e. The number of anilines is 2. The number of nitriles is 1. The monoisotopic (exact) mass is 341 g/mol. The second-order valence-corrected chi connectivity index (χ2v) is 6.86. The molecule has 2 heterocycles. The lowest BCUT2D eigenvalue weighted by molar-refractivity contribution is -0.143. The summed E-state index contributed by atoms with van der Waals surface area (Å²) in [5.74, 6) is -0.747. The number of hydrogen-bond donors (Lipinski definition) is 2. The van der Waals surface area contributed by atoms with Crippen LogP contribution in [0.15, 0.2) is 24.3 Å². The molecule has 0 radical (unpaired) electrons. The van der Waals surface area contributed by atoms with Crippen molar-refractivity contribution in [3.8, 4) is 11.8 Å². The summed E-state index contributed by atoms with van der Waals surface area (Å²) in [6.07, 6.45) is 0. The first-order valence-electron chi connectivity index (χ1n) is 7.28. The van der Waals surface area contributed by atoms with Gasteiger partial charge in [0.2, 0.25) is 0 Å². The summed E-state index contributed by atoms with van der Waals surface area (Å²) >= 11 is 1.30. The Hall–Kier alpha value is -2.85. The molecular weight excluding hydrogens is 326 g/mol. The van der Waals surface area contributed by atoms with Crippen molar-refractivity contribution in [2.45, 2.75) is 26.4 Å². The quantitative estimate of drug-likeness (QED) is 0.822. The van der Waals surface area contributed by atoms with E-state index in [9.17, 15) is 14.9 Å². The van der Waals surface area contributed by atoms with E-state index < -0.39 is 17.4 Å². The lowest BCUT2D eigenvalue weighted by Gasteiger charge is -2.33. The fraction of sp³-hybridized carbons (Fsp3) is 0.235. The molecule has 122 valence electrons. The van der Waals surface area contributed by atoms with Crippen LogP contribution in [0.1, 0.15) is 22.9 Å². The number of aryl methyl sites for hydroxylation is 1. The standard InChI is InChI=1S/C17H15N3O3S/c1-9-10(2)24-14(11(9)8-18)20-16(22)17(3)15(21)19-12-6-4-5-7-13(12)23-17/h4-7H,1-3H3,(H,19,21)(H,20,22). The first-order chi connectivity index (χ1) is 11.4. The summed E-state index contributed by atoms with van der Waals surface area (Å²) in [5, 5.41) is 15.0. The van der Waals surface area contributed by atoms with Crippen molar-refractivity contribution in [1.29, 1.82) is 5.26 Å². The molecule has 24 heavy (non-hydrogen) atoms. The molecule has 1 unspecified atom stereocenters. The van der Waals surface area contributed by atoms with E-state index in [0.29, 0.717) is 22.0 Å². The molecule has 0 spiro atoms. The smallest absolute Gasteiger partial charge is 0.278 e. The van der Waals surface area contributed by atoms with Crippen molar-refractivity contribution >= 4 is 33.8 Å². The largest absolute Gasteiger partial charge is 0.466 e. The maximum atomic E-state index is 12.7. The zero-order chi connectivity index (χ0) is 17.5. The van der Waals surface area contributed by atoms with Crippen LogP contribution < -0.4 is 15.4 Å². The topological polar surface area (TPSA) is 91.2 Å². The highest BCUT2D eigenvalue weighted by Crippen LogP contribution is 2.36. The normalized spacial score (nSPS) is 18.8. The van der Waals surface area contributed by atoms with Gasteiger partial charge in [0.25, 0.3) is 17.4 Å². The molecule has 0 saturated carbocycles. The van der Waals surface area contributed by atoms with Crippen LogP contribution in [0.3, 0.4) is 0 Å². The average molecular weight is 341 g/mol. The van der Waals surface area contributed by atoms with Gasteiger partial charge in [0, 0.05) is 4.88 Å². The van der Waals surface area contributed by atoms with Crippen LogP contribution in [0.5, 0.6) is 5.75 Å². The molecule has 6 nitrogen and oxygen atoms in total. The number of fused-ring (bicyclic) bond motifs is 1. The van der Waals surface area contributed by atoms with Gasteiger partial charge in [-0.05, 0) is 38.5 Å². The third-order valence-electron chi connectivity index (χ3n) is 4.04. The zero-order valence-corrected chi connectivity index (χ0v) is 14.2. The van der Waals surface area contributed by atoms with E-state index in [1.807, 2.05) is 13.8 Å². The molecule has 0 bridgehead atoms. The van der Waals surface area contributed by atoms with Gasteiger partial charge in [-0.25, -0.2) is 0 Å². The summed E-state index contributed by atoms with van der Waals surface area (Å²) in [5.41, 5.74) is 0.0362. The van der Waals surface area contributed by atoms with Crippen molar-refractivity contribution in [3.05, 3.63) is 40.3 Å². The highest BCUT2D eigenvalue weighted by atomic mass is 32.1. The van der Waals surface area contributed by atoms with Gasteiger partial charge in [-0.2, -0.15) is 5.26 Å². The van der Waals surface area contributed by atoms with Crippen molar-refractivity contribution < 1.29 is 14.3 Å². The van der Waals surface area contributed by atoms with E-state index in [1.165, 1.54) is 18.3 Å². The maximum absolute atomic E-state index is 12.7. The summed E-state index contributed by atoms with van der Waals surface area (Å²) in [6.45, 7) is 5.10. The third kappa shape index (κ3) is 2.41. The average Bonchev–Trinajstić information content (AvgIpc) is 2.82. The number of rotatable bonds is 2. The molecule has 2 aromatic rings. The fourth-order valence-corrected chi connectivity index (χ4v) is 3.39. The van der Waals surface area contributed by atoms with E-state index in [2.05, 4.69) is 16.7 Å². The number of amides is 2. The molecule has 1 aliphatic rings. The number of carbonyl (C=O) groups is 2. The number of thiophene rings is 1. The van der Waals surface area contributed by atoms with E-state index in [1.54, 1.807) is 24.3 Å². The van der Waals surface area contributed by atoms with Crippen LogP contribution >= 0.6 is 11.3 Å². The molecule has 1 atom stereocenters. The lowest BCUT2D eigenvalue weighted by atomic mass is 10.0. The van der Waals surface area contributed by atoms with Crippen molar-refractivity contribution in [3.63, 3.8) is 0 Å². The predicted octanol–water partition coefficient (Wildman–Crippen LogP) is 2.96. The zero-order valence-electron chi connectivity index (χ0n) is 13.4. The molecule has 1 aliphatic heterocycles. The SMILES string of the molecule is Cc1sc(NC(=O)C2(C)Oc3ccccc3NC2=O)c(C#N)c1C. The van der Waals surface area contributed by atoms with Gasteiger partial charge in [-0.1, -0.05) is 12.1 Å². The summed E-state index contributed by atoms with van der Waals surface area (Å²) in [6, 6.07) is 8.99. The number of hydrogen-bond acceptors (Lipinski definition) is 5. The molecule has 3 rings (SSSR count). The number of nitrogens with one attached hydrogen (secondary N) is 2. The first-order valence-corrected chi connectivity index (χ1v) is 8.09. The highest BCUT2D eigenvalue weighted by Gasteiger charge is 2.47. The fourth-order valence-electron chi connectivity index (χ4n) is 2.39. The molecular formula is C17H15N3O3S. The summed E-state index contributed by atoms with van der Waals surface area (Å²) < 4.78 is 5.67. The van der Waals surface area contributed by atoms with Crippen LogP contribution in [0.25, 0.3) is 0 Å². The van der Waals surface area contributed by atoms with Gasteiger partial charge in [-0.3, -0.25) is 9.59 Å². The molecule has 1 aromatic carbocycles. The summed E-state index contributed by atoms with van der Waals surface area (Å²) in [4.78, 5) is 26.0. The second kappa shape index (κ2) is 5.65. The minimum Gasteiger partial charge on any atom is -0.466 e. The Morgan fingerprint density at radius 1 is 1.38 bits per heavy atom. The molecule has 7 heteroatoms. The predicted molar refractivity (Wildman–Crippen MR) is 91.2 cm³/mol. The van der Waals surface area contributed by atoms with Gasteiger partial charge >= 0.3 is 0 Å². The number of nitrogens with zero attached hydrogens (tertiary/aromatic N) is 1. The minimum atomic E-state index is -1.72. The Morgan fingerprint density at radius 3 is 2.79 bits per heavy atom. The van der Waals surface area contributed by atoms with Crippen molar-refractivity contribution in [2.24, 2.45) is 0 Å². The first kappa shape index (κ1) is 16.0. The molecule has 1 aromatic heterocycles. The Bertz CT molecular complexity index is 897. The number of para-hydroxylation sites is 2. The Kier molecular flexibility index (Phi) is 3.78. The van der Waals surface area contributed by atoms with Gasteiger partial charge in [0.15, 0.2) is 0 Å². The van der Waals surface area contributed by atoms with E-state index in [0.717, 1.165) is 10.4 Å². The number of ether oxygens (including phenoxy) is 1. The molecule has 2 N–H and O–H groups in total. The second-order valence-electron chi connectivity index (χ2n) is 5.64. The molecule has 2 amide bonds. The summed E-state index contributed by atoms with van der Waals surface area (Å²) in [7, 11) is 0. The van der Waals surface area contributed by atoms with E-state index in [4.69, 9.17) is 4.74 Å². The van der Waals surface area contributed by atoms with Crippen LogP contribution in [-0.2, 0) is 9.59 Å². The Balaban J connectivity index is 1.92. The van der Waals surface area contributed by atoms with Crippen LogP contribution in [0.4, 0.5) is 10.7 Å². The van der Waals surface area contributed by atoms with Crippen LogP contribution in [0.2, 0.25) is 0 Å². The third-order valence-corrected chi connectivity index (χ3v) is 5.16. The van der Waals surface area contributed by atoms with Crippen LogP contribution in [0, 0.1) is 25.2 Å². The Morgan fingerprint density at radius 2 is 2.08 bits per heavy atom. The molecule has 0 saturated heterocycles. The van der Waals surface area contributed by atoms with Gasteiger partial charge in [0.1, 0.15) is 16.8 Å². The number of carbonyl (C=O) groups excluding carboxylic acids is 2. The molecule has 0 fully saturated rings. The van der Waals surface area contributed by atoms with E-state index in [-0.39, 0.29) is 0 Å². The van der Waals surface area contributed by atoms with Gasteiger partial charge in [-0.15, -0.1) is 11.3 Å².